The highest BCUT2D eigenvalue weighted by Crippen LogP contribution is 2.33. The lowest BCUT2D eigenvalue weighted by atomic mass is 9.95. The van der Waals surface area contributed by atoms with Crippen LogP contribution in [-0.4, -0.2) is 34.5 Å². The lowest BCUT2D eigenvalue weighted by Crippen LogP contribution is -2.25. The van der Waals surface area contributed by atoms with Crippen LogP contribution in [0.1, 0.15) is 51.9 Å². The van der Waals surface area contributed by atoms with Gasteiger partial charge in [-0.05, 0) is 19.3 Å². The van der Waals surface area contributed by atoms with Gasteiger partial charge in [0, 0.05) is 19.6 Å². The number of hydrogen-bond acceptors (Lipinski definition) is 6. The molecule has 1 aliphatic rings. The number of anilines is 2. The highest BCUT2D eigenvalue weighted by atomic mass is 16.6. The molecule has 0 saturated heterocycles. The second-order valence-corrected chi connectivity index (χ2v) is 5.91. The van der Waals surface area contributed by atoms with E-state index in [4.69, 9.17) is 0 Å². The summed E-state index contributed by atoms with van der Waals surface area (Å²) in [7, 11) is 1.84. The van der Waals surface area contributed by atoms with Crippen LogP contribution in [0.15, 0.2) is 6.33 Å². The van der Waals surface area contributed by atoms with E-state index in [0.717, 1.165) is 32.2 Å². The zero-order valence-electron chi connectivity index (χ0n) is 13.4. The number of nitrogens with one attached hydrogen (secondary N) is 1. The van der Waals surface area contributed by atoms with E-state index in [2.05, 4.69) is 22.2 Å². The molecule has 1 aromatic rings. The number of aromatic nitrogens is 2. The predicted molar refractivity (Wildman–Crippen MR) is 87.4 cm³/mol. The van der Waals surface area contributed by atoms with Crippen molar-refractivity contribution in [2.75, 3.05) is 23.8 Å². The van der Waals surface area contributed by atoms with Crippen LogP contribution in [0.2, 0.25) is 0 Å². The van der Waals surface area contributed by atoms with Crippen molar-refractivity contribution in [1.82, 2.24) is 9.97 Å². The van der Waals surface area contributed by atoms with Gasteiger partial charge >= 0.3 is 5.69 Å². The van der Waals surface area contributed by atoms with Crippen LogP contribution < -0.4 is 10.2 Å². The van der Waals surface area contributed by atoms with Crippen molar-refractivity contribution in [2.24, 2.45) is 0 Å². The highest BCUT2D eigenvalue weighted by molar-refractivity contribution is 5.70. The minimum Gasteiger partial charge on any atom is -0.361 e. The standard InChI is InChI=1S/C15H25N5O2/c1-3-4-10-19(2)15-13(20(21)22)14(16-11-17-15)18-12-8-6-5-7-9-12/h11-12H,3-10H2,1-2H3,(H,16,17,18). The first-order valence-corrected chi connectivity index (χ1v) is 8.10. The molecule has 122 valence electrons. The Balaban J connectivity index is 2.23. The molecule has 0 amide bonds. The molecule has 1 fully saturated rings. The Morgan fingerprint density at radius 1 is 1.36 bits per heavy atom. The van der Waals surface area contributed by atoms with Crippen LogP contribution >= 0.6 is 0 Å². The summed E-state index contributed by atoms with van der Waals surface area (Å²) in [6.45, 7) is 2.84. The SMILES string of the molecule is CCCCN(C)c1ncnc(NC2CCCCC2)c1[N+](=O)[O-]. The van der Waals surface area contributed by atoms with Crippen molar-refractivity contribution in [3.8, 4) is 0 Å². The maximum atomic E-state index is 11.5. The van der Waals surface area contributed by atoms with Crippen LogP contribution in [-0.2, 0) is 0 Å². The van der Waals surface area contributed by atoms with E-state index in [0.29, 0.717) is 11.6 Å². The summed E-state index contributed by atoms with van der Waals surface area (Å²) in [5, 5.41) is 14.8. The fourth-order valence-corrected chi connectivity index (χ4v) is 2.86. The first kappa shape index (κ1) is 16.5. The van der Waals surface area contributed by atoms with Gasteiger partial charge in [-0.15, -0.1) is 0 Å². The number of nitro groups is 1. The summed E-state index contributed by atoms with van der Waals surface area (Å²) in [5.41, 5.74) is -0.00771. The lowest BCUT2D eigenvalue weighted by molar-refractivity contribution is -0.383. The van der Waals surface area contributed by atoms with Gasteiger partial charge < -0.3 is 10.2 Å². The zero-order chi connectivity index (χ0) is 15.9. The fourth-order valence-electron chi connectivity index (χ4n) is 2.86. The van der Waals surface area contributed by atoms with Gasteiger partial charge in [0.1, 0.15) is 6.33 Å². The molecule has 1 aliphatic carbocycles. The number of hydrogen-bond donors (Lipinski definition) is 1. The summed E-state index contributed by atoms with van der Waals surface area (Å²) in [4.78, 5) is 21.3. The monoisotopic (exact) mass is 307 g/mol. The molecule has 0 spiro atoms. The van der Waals surface area contributed by atoms with E-state index in [-0.39, 0.29) is 16.7 Å². The molecular weight excluding hydrogens is 282 g/mol. The van der Waals surface area contributed by atoms with E-state index in [9.17, 15) is 10.1 Å². The van der Waals surface area contributed by atoms with Gasteiger partial charge in [0.05, 0.1) is 4.92 Å². The summed E-state index contributed by atoms with van der Waals surface area (Å²) >= 11 is 0. The van der Waals surface area contributed by atoms with Crippen LogP contribution in [0.4, 0.5) is 17.3 Å². The average Bonchev–Trinajstić information content (AvgIpc) is 2.53. The molecule has 0 aliphatic heterocycles. The molecule has 7 nitrogen and oxygen atoms in total. The zero-order valence-corrected chi connectivity index (χ0v) is 13.4. The molecule has 2 rings (SSSR count). The molecule has 1 N–H and O–H groups in total. The van der Waals surface area contributed by atoms with Gasteiger partial charge in [-0.1, -0.05) is 32.6 Å². The van der Waals surface area contributed by atoms with Crippen LogP contribution in [0.3, 0.4) is 0 Å². The molecule has 1 aromatic heterocycles. The van der Waals surface area contributed by atoms with Crippen molar-refractivity contribution in [3.05, 3.63) is 16.4 Å². The maximum Gasteiger partial charge on any atom is 0.353 e. The fraction of sp³-hybridized carbons (Fsp3) is 0.733. The highest BCUT2D eigenvalue weighted by Gasteiger charge is 2.27. The largest absolute Gasteiger partial charge is 0.361 e. The predicted octanol–water partition coefficient (Wildman–Crippen LogP) is 3.37. The average molecular weight is 307 g/mol. The molecule has 1 saturated carbocycles. The van der Waals surface area contributed by atoms with E-state index in [1.54, 1.807) is 0 Å². The van der Waals surface area contributed by atoms with Crippen LogP contribution in [0, 0.1) is 10.1 Å². The van der Waals surface area contributed by atoms with Crippen molar-refractivity contribution in [1.29, 1.82) is 0 Å². The molecule has 22 heavy (non-hydrogen) atoms. The maximum absolute atomic E-state index is 11.5. The van der Waals surface area contributed by atoms with Crippen molar-refractivity contribution >= 4 is 17.3 Å². The molecule has 0 aromatic carbocycles. The summed E-state index contributed by atoms with van der Waals surface area (Å²) in [5.74, 6) is 0.747. The van der Waals surface area contributed by atoms with E-state index in [1.165, 1.54) is 25.6 Å². The second-order valence-electron chi connectivity index (χ2n) is 5.91. The smallest absolute Gasteiger partial charge is 0.353 e. The third kappa shape index (κ3) is 4.05. The molecule has 0 bridgehead atoms. The van der Waals surface area contributed by atoms with E-state index < -0.39 is 0 Å². The Bertz CT molecular complexity index is 503. The molecular formula is C15H25N5O2. The molecule has 0 atom stereocenters. The Morgan fingerprint density at radius 2 is 2.09 bits per heavy atom. The van der Waals surface area contributed by atoms with Crippen molar-refractivity contribution in [3.63, 3.8) is 0 Å². The molecule has 0 unspecified atom stereocenters. The normalized spacial score (nSPS) is 15.5. The van der Waals surface area contributed by atoms with Crippen LogP contribution in [0.25, 0.3) is 0 Å². The summed E-state index contributed by atoms with van der Waals surface area (Å²) in [6.07, 6.45) is 9.09. The number of unbranched alkanes of at least 4 members (excludes halogenated alkanes) is 1. The Morgan fingerprint density at radius 3 is 2.73 bits per heavy atom. The first-order valence-electron chi connectivity index (χ1n) is 8.10. The minimum atomic E-state index is -0.372. The van der Waals surface area contributed by atoms with Gasteiger partial charge in [0.25, 0.3) is 0 Å². The first-order chi connectivity index (χ1) is 10.6. The second kappa shape index (κ2) is 7.91. The van der Waals surface area contributed by atoms with Gasteiger partial charge in [0.15, 0.2) is 0 Å². The van der Waals surface area contributed by atoms with Crippen molar-refractivity contribution in [2.45, 2.75) is 57.9 Å². The minimum absolute atomic E-state index is 0.00771. The topological polar surface area (TPSA) is 84.2 Å². The summed E-state index contributed by atoms with van der Waals surface area (Å²) in [6, 6.07) is 0.274. The van der Waals surface area contributed by atoms with Gasteiger partial charge in [0.2, 0.25) is 11.6 Å². The Hall–Kier alpha value is -1.92. The molecule has 0 radical (unpaired) electrons. The van der Waals surface area contributed by atoms with Gasteiger partial charge in [-0.2, -0.15) is 0 Å². The molecule has 1 heterocycles. The van der Waals surface area contributed by atoms with Gasteiger partial charge in [-0.3, -0.25) is 10.1 Å². The van der Waals surface area contributed by atoms with E-state index >= 15 is 0 Å². The third-order valence-corrected chi connectivity index (χ3v) is 4.14. The molecule has 7 heteroatoms. The Kier molecular flexibility index (Phi) is 5.91. The van der Waals surface area contributed by atoms with Crippen molar-refractivity contribution < 1.29 is 4.92 Å². The van der Waals surface area contributed by atoms with Crippen LogP contribution in [0.5, 0.6) is 0 Å². The number of nitrogens with zero attached hydrogens (tertiary/aromatic N) is 4. The lowest BCUT2D eigenvalue weighted by Gasteiger charge is -2.24. The number of rotatable bonds is 7. The quantitative estimate of drug-likeness (QED) is 0.614. The van der Waals surface area contributed by atoms with E-state index in [1.807, 2.05) is 11.9 Å². The summed E-state index contributed by atoms with van der Waals surface area (Å²) < 4.78 is 0. The van der Waals surface area contributed by atoms with Gasteiger partial charge in [-0.25, -0.2) is 9.97 Å². The Labute approximate surface area is 131 Å². The third-order valence-electron chi connectivity index (χ3n) is 4.14.